The lowest BCUT2D eigenvalue weighted by Gasteiger charge is -2.06. The van der Waals surface area contributed by atoms with Crippen LogP contribution in [-0.4, -0.2) is 27.3 Å². The summed E-state index contributed by atoms with van der Waals surface area (Å²) in [5.74, 6) is 0.476. The molecule has 3 heterocycles. The number of fused-ring (bicyclic) bond motifs is 4. The lowest BCUT2D eigenvalue weighted by molar-refractivity contribution is -0.116. The van der Waals surface area contributed by atoms with Crippen molar-refractivity contribution in [2.24, 2.45) is 0 Å². The van der Waals surface area contributed by atoms with Gasteiger partial charge in [-0.2, -0.15) is 5.10 Å². The first-order valence-corrected chi connectivity index (χ1v) is 10.6. The molecule has 0 atom stereocenters. The van der Waals surface area contributed by atoms with E-state index in [9.17, 15) is 9.59 Å². The van der Waals surface area contributed by atoms with Crippen LogP contribution in [0.25, 0.3) is 32.1 Å². The lowest BCUT2D eigenvalue weighted by Crippen LogP contribution is -2.19. The van der Waals surface area contributed by atoms with Gasteiger partial charge in [0.05, 0.1) is 28.5 Å². The molecule has 3 aromatic heterocycles. The zero-order chi connectivity index (χ0) is 21.5. The van der Waals surface area contributed by atoms with Crippen LogP contribution in [0.2, 0.25) is 0 Å². The first-order chi connectivity index (χ1) is 15.0. The predicted octanol–water partition coefficient (Wildman–Crippen LogP) is 4.10. The number of benzene rings is 2. The summed E-state index contributed by atoms with van der Waals surface area (Å²) in [7, 11) is 0. The van der Waals surface area contributed by atoms with Crippen molar-refractivity contribution < 1.29 is 13.9 Å². The van der Waals surface area contributed by atoms with Gasteiger partial charge >= 0.3 is 5.63 Å². The fourth-order valence-electron chi connectivity index (χ4n) is 3.52. The van der Waals surface area contributed by atoms with Gasteiger partial charge in [-0.1, -0.05) is 23.0 Å². The number of amides is 1. The lowest BCUT2D eigenvalue weighted by atomic mass is 10.1. The molecule has 8 nitrogen and oxygen atoms in total. The summed E-state index contributed by atoms with van der Waals surface area (Å²) in [4.78, 5) is 29.5. The molecule has 0 bridgehead atoms. The van der Waals surface area contributed by atoms with Crippen LogP contribution >= 0.6 is 11.3 Å². The van der Waals surface area contributed by atoms with Gasteiger partial charge in [-0.05, 0) is 44.2 Å². The third-order valence-electron chi connectivity index (χ3n) is 4.86. The van der Waals surface area contributed by atoms with E-state index in [-0.39, 0.29) is 12.5 Å². The van der Waals surface area contributed by atoms with Gasteiger partial charge in [-0.3, -0.25) is 9.48 Å². The van der Waals surface area contributed by atoms with Crippen molar-refractivity contribution in [3.63, 3.8) is 0 Å². The molecule has 0 aliphatic heterocycles. The third-order valence-corrected chi connectivity index (χ3v) is 5.80. The Morgan fingerprint density at radius 1 is 1.23 bits per heavy atom. The Kier molecular flexibility index (Phi) is 4.67. The molecule has 0 aliphatic rings. The number of rotatable bonds is 5. The van der Waals surface area contributed by atoms with E-state index in [0.29, 0.717) is 28.2 Å². The highest BCUT2D eigenvalue weighted by Gasteiger charge is 2.16. The van der Waals surface area contributed by atoms with Gasteiger partial charge in [0, 0.05) is 5.39 Å². The number of thiazole rings is 1. The van der Waals surface area contributed by atoms with Crippen molar-refractivity contribution >= 4 is 54.5 Å². The molecule has 0 saturated carbocycles. The van der Waals surface area contributed by atoms with Crippen LogP contribution in [0.3, 0.4) is 0 Å². The molecule has 9 heteroatoms. The number of hydrogen-bond donors (Lipinski definition) is 1. The van der Waals surface area contributed by atoms with Crippen LogP contribution in [0.15, 0.2) is 51.8 Å². The zero-order valence-electron chi connectivity index (χ0n) is 16.8. The van der Waals surface area contributed by atoms with Crippen molar-refractivity contribution in [2.75, 3.05) is 11.9 Å². The van der Waals surface area contributed by atoms with Crippen molar-refractivity contribution in [1.82, 2.24) is 14.8 Å². The molecule has 5 rings (SSSR count). The quantitative estimate of drug-likeness (QED) is 0.418. The Balaban J connectivity index is 1.45. The second kappa shape index (κ2) is 7.51. The molecule has 156 valence electrons. The molecule has 0 aliphatic carbocycles. The van der Waals surface area contributed by atoms with E-state index in [1.165, 1.54) is 22.2 Å². The fraction of sp³-hybridized carbons (Fsp3) is 0.182. The third kappa shape index (κ3) is 3.53. The number of aryl methyl sites for hydroxylation is 1. The second-order valence-corrected chi connectivity index (χ2v) is 8.11. The van der Waals surface area contributed by atoms with E-state index in [4.69, 9.17) is 9.15 Å². The Morgan fingerprint density at radius 2 is 2.10 bits per heavy atom. The maximum atomic E-state index is 12.7. The normalized spacial score (nSPS) is 11.4. The van der Waals surface area contributed by atoms with E-state index >= 15 is 0 Å². The molecule has 0 radical (unpaired) electrons. The van der Waals surface area contributed by atoms with Crippen LogP contribution in [0.4, 0.5) is 5.13 Å². The highest BCUT2D eigenvalue weighted by Crippen LogP contribution is 2.29. The molecule has 0 saturated heterocycles. The summed E-state index contributed by atoms with van der Waals surface area (Å²) < 4.78 is 13.3. The number of aromatic nitrogens is 3. The average Bonchev–Trinajstić information content (AvgIpc) is 3.33. The van der Waals surface area contributed by atoms with E-state index in [1.807, 2.05) is 44.2 Å². The monoisotopic (exact) mass is 434 g/mol. The molecular weight excluding hydrogens is 416 g/mol. The summed E-state index contributed by atoms with van der Waals surface area (Å²) in [5, 5.41) is 8.65. The van der Waals surface area contributed by atoms with Gasteiger partial charge in [0.2, 0.25) is 5.91 Å². The first kappa shape index (κ1) is 19.3. The van der Waals surface area contributed by atoms with Crippen molar-refractivity contribution in [3.8, 4) is 5.75 Å². The summed E-state index contributed by atoms with van der Waals surface area (Å²) >= 11 is 1.37. The van der Waals surface area contributed by atoms with Crippen molar-refractivity contribution in [3.05, 3.63) is 58.6 Å². The Labute approximate surface area is 180 Å². The molecule has 0 spiro atoms. The van der Waals surface area contributed by atoms with Gasteiger partial charge in [-0.25, -0.2) is 9.78 Å². The Hall–Kier alpha value is -3.72. The van der Waals surface area contributed by atoms with Crippen LogP contribution in [0.1, 0.15) is 12.5 Å². The van der Waals surface area contributed by atoms with E-state index in [2.05, 4.69) is 15.4 Å². The Bertz CT molecular complexity index is 1520. The molecule has 0 fully saturated rings. The van der Waals surface area contributed by atoms with E-state index < -0.39 is 5.63 Å². The average molecular weight is 434 g/mol. The number of carbonyl (C=O) groups is 1. The second-order valence-electron chi connectivity index (χ2n) is 7.08. The van der Waals surface area contributed by atoms with Crippen LogP contribution in [-0.2, 0) is 11.3 Å². The van der Waals surface area contributed by atoms with Gasteiger partial charge in [-0.15, -0.1) is 0 Å². The Morgan fingerprint density at radius 3 is 2.94 bits per heavy atom. The number of nitrogens with zero attached hydrogens (tertiary/aromatic N) is 3. The molecular formula is C22H18N4O4S. The van der Waals surface area contributed by atoms with Crippen molar-refractivity contribution in [2.45, 2.75) is 20.4 Å². The molecule has 0 unspecified atom stereocenters. The zero-order valence-corrected chi connectivity index (χ0v) is 17.7. The number of hydrogen-bond acceptors (Lipinski definition) is 7. The smallest absolute Gasteiger partial charge is 0.347 e. The molecule has 1 N–H and O–H groups in total. The van der Waals surface area contributed by atoms with Crippen molar-refractivity contribution in [1.29, 1.82) is 0 Å². The topological polar surface area (TPSA) is 99.2 Å². The number of ether oxygens (including phenoxy) is 1. The minimum Gasteiger partial charge on any atom is -0.494 e. The number of carbonyl (C=O) groups excluding carboxylic acids is 1. The first-order valence-electron chi connectivity index (χ1n) is 9.74. The fourth-order valence-corrected chi connectivity index (χ4v) is 4.43. The number of anilines is 1. The highest BCUT2D eigenvalue weighted by atomic mass is 32.1. The van der Waals surface area contributed by atoms with Crippen LogP contribution in [0, 0.1) is 6.92 Å². The highest BCUT2D eigenvalue weighted by molar-refractivity contribution is 7.22. The largest absolute Gasteiger partial charge is 0.494 e. The van der Waals surface area contributed by atoms with Gasteiger partial charge in [0.15, 0.2) is 5.13 Å². The van der Waals surface area contributed by atoms with Crippen LogP contribution in [0.5, 0.6) is 5.75 Å². The molecule has 31 heavy (non-hydrogen) atoms. The predicted molar refractivity (Wildman–Crippen MR) is 120 cm³/mol. The minimum atomic E-state index is -0.478. The minimum absolute atomic E-state index is 0.0594. The number of nitrogens with one attached hydrogen (secondary N) is 1. The summed E-state index contributed by atoms with van der Waals surface area (Å²) in [6.07, 6.45) is 1.43. The van der Waals surface area contributed by atoms with Gasteiger partial charge in [0.25, 0.3) is 0 Å². The molecule has 5 aromatic rings. The maximum absolute atomic E-state index is 12.7. The standard InChI is InChI=1S/C22H18N4O4S/c1-3-29-13-5-6-16-18(9-13)31-22(24-16)25-19(27)11-26-20-14-8-12(2)4-7-17(14)30-21(28)15(20)10-23-26/h4-10H,3,11H2,1-2H3,(H,24,25,27). The summed E-state index contributed by atoms with van der Waals surface area (Å²) in [6.45, 7) is 4.40. The molecule has 2 aromatic carbocycles. The van der Waals surface area contributed by atoms with Gasteiger partial charge < -0.3 is 14.5 Å². The van der Waals surface area contributed by atoms with Gasteiger partial charge in [0.1, 0.15) is 23.3 Å². The SMILES string of the molecule is CCOc1ccc2nc(NC(=O)Cn3ncc4c(=O)oc5ccc(C)cc5c43)sc2c1. The molecule has 1 amide bonds. The van der Waals surface area contributed by atoms with E-state index in [0.717, 1.165) is 26.9 Å². The van der Waals surface area contributed by atoms with E-state index in [1.54, 1.807) is 6.07 Å². The summed E-state index contributed by atoms with van der Waals surface area (Å²) in [6, 6.07) is 11.2. The van der Waals surface area contributed by atoms with Crippen LogP contribution < -0.4 is 15.7 Å². The maximum Gasteiger partial charge on any atom is 0.347 e. The summed E-state index contributed by atoms with van der Waals surface area (Å²) in [5.41, 5.74) is 2.36.